The summed E-state index contributed by atoms with van der Waals surface area (Å²) in [4.78, 5) is 0. The fourth-order valence-electron chi connectivity index (χ4n) is 2.69. The number of hydrogen-bond acceptors (Lipinski definition) is 3. The summed E-state index contributed by atoms with van der Waals surface area (Å²) in [6, 6.07) is 8.56. The molecule has 1 aromatic carbocycles. The number of fused-ring (bicyclic) bond motifs is 1. The van der Waals surface area contributed by atoms with Crippen LogP contribution in [0.5, 0.6) is 0 Å². The van der Waals surface area contributed by atoms with Gasteiger partial charge in [0.1, 0.15) is 0 Å². The lowest BCUT2D eigenvalue weighted by Gasteiger charge is -2.19. The summed E-state index contributed by atoms with van der Waals surface area (Å²) in [5, 5.41) is 12.2. The maximum absolute atomic E-state index is 6.40. The molecule has 2 heterocycles. The fourth-order valence-corrected chi connectivity index (χ4v) is 3.93. The van der Waals surface area contributed by atoms with Crippen molar-refractivity contribution in [3.05, 3.63) is 52.1 Å². The second-order valence-corrected chi connectivity index (χ2v) is 6.19. The van der Waals surface area contributed by atoms with Crippen LogP contribution in [0, 0.1) is 0 Å². The molecule has 3 rings (SSSR count). The van der Waals surface area contributed by atoms with E-state index in [2.05, 4.69) is 53.9 Å². The molecule has 0 amide bonds. The lowest BCUT2D eigenvalue weighted by atomic mass is 10.0. The number of thiophene rings is 1. The third kappa shape index (κ3) is 2.59. The molecule has 21 heavy (non-hydrogen) atoms. The third-order valence-corrected chi connectivity index (χ3v) is 4.91. The van der Waals surface area contributed by atoms with E-state index in [4.69, 9.17) is 11.6 Å². The van der Waals surface area contributed by atoms with Crippen LogP contribution in [-0.4, -0.2) is 16.3 Å². The van der Waals surface area contributed by atoms with E-state index in [1.165, 1.54) is 15.6 Å². The van der Waals surface area contributed by atoms with Gasteiger partial charge in [-0.2, -0.15) is 5.10 Å². The second-order valence-electron chi connectivity index (χ2n) is 4.87. The van der Waals surface area contributed by atoms with E-state index in [9.17, 15) is 0 Å². The predicted octanol–water partition coefficient (Wildman–Crippen LogP) is 4.47. The zero-order chi connectivity index (χ0) is 14.8. The molecular weight excluding hydrogens is 302 g/mol. The summed E-state index contributed by atoms with van der Waals surface area (Å²) in [7, 11) is 0. The topological polar surface area (TPSA) is 29.9 Å². The lowest BCUT2D eigenvalue weighted by molar-refractivity contribution is 0.545. The first-order valence-electron chi connectivity index (χ1n) is 7.17. The molecule has 3 nitrogen and oxygen atoms in total. The van der Waals surface area contributed by atoms with Crippen LogP contribution in [0.25, 0.3) is 10.1 Å². The van der Waals surface area contributed by atoms with Crippen LogP contribution in [0.4, 0.5) is 0 Å². The Morgan fingerprint density at radius 1 is 1.33 bits per heavy atom. The summed E-state index contributed by atoms with van der Waals surface area (Å²) >= 11 is 8.17. The van der Waals surface area contributed by atoms with Gasteiger partial charge in [0.25, 0.3) is 0 Å². The van der Waals surface area contributed by atoms with Crippen molar-refractivity contribution in [2.75, 3.05) is 6.54 Å². The van der Waals surface area contributed by atoms with Crippen LogP contribution < -0.4 is 5.32 Å². The van der Waals surface area contributed by atoms with Crippen molar-refractivity contribution in [2.45, 2.75) is 26.4 Å². The summed E-state index contributed by atoms with van der Waals surface area (Å²) in [6.45, 7) is 5.88. The van der Waals surface area contributed by atoms with Gasteiger partial charge in [-0.3, -0.25) is 4.68 Å². The summed E-state index contributed by atoms with van der Waals surface area (Å²) < 4.78 is 3.27. The van der Waals surface area contributed by atoms with Crippen LogP contribution in [0.15, 0.2) is 35.8 Å². The van der Waals surface area contributed by atoms with E-state index in [-0.39, 0.29) is 6.04 Å². The minimum absolute atomic E-state index is 0.0705. The average molecular weight is 320 g/mol. The van der Waals surface area contributed by atoms with E-state index >= 15 is 0 Å². The zero-order valence-corrected chi connectivity index (χ0v) is 13.7. The van der Waals surface area contributed by atoms with Crippen LogP contribution >= 0.6 is 22.9 Å². The highest BCUT2D eigenvalue weighted by atomic mass is 35.5. The molecule has 3 aromatic rings. The second kappa shape index (κ2) is 6.18. The number of hydrogen-bond donors (Lipinski definition) is 1. The van der Waals surface area contributed by atoms with Crippen LogP contribution in [0.1, 0.15) is 31.1 Å². The van der Waals surface area contributed by atoms with Gasteiger partial charge < -0.3 is 5.32 Å². The largest absolute Gasteiger partial charge is 0.305 e. The first-order chi connectivity index (χ1) is 10.3. The van der Waals surface area contributed by atoms with Gasteiger partial charge in [-0.1, -0.05) is 36.7 Å². The van der Waals surface area contributed by atoms with E-state index < -0.39 is 0 Å². The van der Waals surface area contributed by atoms with Crippen LogP contribution in [0.2, 0.25) is 5.02 Å². The minimum atomic E-state index is 0.0705. The molecule has 2 aromatic heterocycles. The Morgan fingerprint density at radius 2 is 2.14 bits per heavy atom. The standard InChI is InChI=1S/C16H18ClN3S/c1-3-18-15(16-13(17)9-19-20(16)4-2)12-10-21-14-8-6-5-7-11(12)14/h5-10,15,18H,3-4H2,1-2H3. The molecule has 1 atom stereocenters. The lowest BCUT2D eigenvalue weighted by Crippen LogP contribution is -2.25. The molecule has 0 spiro atoms. The highest BCUT2D eigenvalue weighted by molar-refractivity contribution is 7.17. The number of rotatable bonds is 5. The molecule has 5 heteroatoms. The number of aromatic nitrogens is 2. The molecule has 0 bridgehead atoms. The van der Waals surface area contributed by atoms with Gasteiger partial charge in [-0.25, -0.2) is 0 Å². The molecule has 0 saturated heterocycles. The number of aryl methyl sites for hydroxylation is 1. The molecule has 0 radical (unpaired) electrons. The third-order valence-electron chi connectivity index (χ3n) is 3.64. The van der Waals surface area contributed by atoms with E-state index in [1.54, 1.807) is 17.5 Å². The van der Waals surface area contributed by atoms with Crippen molar-refractivity contribution in [2.24, 2.45) is 0 Å². The van der Waals surface area contributed by atoms with E-state index in [0.29, 0.717) is 0 Å². The zero-order valence-electron chi connectivity index (χ0n) is 12.1. The molecule has 0 aliphatic rings. The highest BCUT2D eigenvalue weighted by Crippen LogP contribution is 2.35. The maximum atomic E-state index is 6.40. The molecule has 0 fully saturated rings. The Morgan fingerprint density at radius 3 is 2.90 bits per heavy atom. The molecule has 0 aliphatic heterocycles. The van der Waals surface area contributed by atoms with Gasteiger partial charge in [0.05, 0.1) is 23.0 Å². The van der Waals surface area contributed by atoms with Gasteiger partial charge in [-0.05, 0) is 35.9 Å². The average Bonchev–Trinajstić information content (AvgIpc) is 3.09. The van der Waals surface area contributed by atoms with Crippen molar-refractivity contribution in [1.29, 1.82) is 0 Å². The molecular formula is C16H18ClN3S. The Labute approximate surface area is 133 Å². The summed E-state index contributed by atoms with van der Waals surface area (Å²) in [5.74, 6) is 0. The first kappa shape index (κ1) is 14.6. The Hall–Kier alpha value is -1.36. The first-order valence-corrected chi connectivity index (χ1v) is 8.42. The summed E-state index contributed by atoms with van der Waals surface area (Å²) in [6.07, 6.45) is 1.74. The predicted molar refractivity (Wildman–Crippen MR) is 90.3 cm³/mol. The van der Waals surface area contributed by atoms with E-state index in [0.717, 1.165) is 23.8 Å². The number of nitrogens with zero attached hydrogens (tertiary/aromatic N) is 2. The van der Waals surface area contributed by atoms with Crippen molar-refractivity contribution in [3.63, 3.8) is 0 Å². The monoisotopic (exact) mass is 319 g/mol. The van der Waals surface area contributed by atoms with Gasteiger partial charge >= 0.3 is 0 Å². The minimum Gasteiger partial charge on any atom is -0.305 e. The molecule has 0 saturated carbocycles. The number of nitrogens with one attached hydrogen (secondary N) is 1. The van der Waals surface area contributed by atoms with Crippen LogP contribution in [0.3, 0.4) is 0 Å². The molecule has 1 unspecified atom stereocenters. The van der Waals surface area contributed by atoms with E-state index in [1.807, 2.05) is 4.68 Å². The Balaban J connectivity index is 2.16. The number of benzene rings is 1. The van der Waals surface area contributed by atoms with Gasteiger partial charge in [0, 0.05) is 11.2 Å². The van der Waals surface area contributed by atoms with Crippen molar-refractivity contribution in [1.82, 2.24) is 15.1 Å². The van der Waals surface area contributed by atoms with Gasteiger partial charge in [-0.15, -0.1) is 11.3 Å². The molecule has 0 aliphatic carbocycles. The van der Waals surface area contributed by atoms with Crippen LogP contribution in [-0.2, 0) is 6.54 Å². The Bertz CT molecular complexity index is 747. The quantitative estimate of drug-likeness (QED) is 0.752. The number of halogens is 1. The van der Waals surface area contributed by atoms with Crippen molar-refractivity contribution in [3.8, 4) is 0 Å². The van der Waals surface area contributed by atoms with Crippen molar-refractivity contribution < 1.29 is 0 Å². The fraction of sp³-hybridized carbons (Fsp3) is 0.312. The molecule has 110 valence electrons. The SMILES string of the molecule is CCNC(c1csc2ccccc12)c1c(Cl)cnn1CC. The van der Waals surface area contributed by atoms with Gasteiger partial charge in [0.15, 0.2) is 0 Å². The Kier molecular flexibility index (Phi) is 4.29. The maximum Gasteiger partial charge on any atom is 0.0837 e. The molecule has 1 N–H and O–H groups in total. The summed E-state index contributed by atoms with van der Waals surface area (Å²) in [5.41, 5.74) is 2.32. The smallest absolute Gasteiger partial charge is 0.0837 e. The van der Waals surface area contributed by atoms with Crippen molar-refractivity contribution >= 4 is 33.0 Å². The normalized spacial score (nSPS) is 12.9. The van der Waals surface area contributed by atoms with Gasteiger partial charge in [0.2, 0.25) is 0 Å². The highest BCUT2D eigenvalue weighted by Gasteiger charge is 2.23.